The van der Waals surface area contributed by atoms with Crippen LogP contribution in [-0.4, -0.2) is 38.2 Å². The number of hydrogen-bond acceptors (Lipinski definition) is 6. The van der Waals surface area contributed by atoms with Crippen LogP contribution in [0.3, 0.4) is 0 Å². The van der Waals surface area contributed by atoms with Gasteiger partial charge >= 0.3 is 19.2 Å². The smallest absolute Gasteiger partial charge is 0.404 e. The zero-order valence-electron chi connectivity index (χ0n) is 15.7. The Hall–Kier alpha value is -1.83. The van der Waals surface area contributed by atoms with Gasteiger partial charge in [0.05, 0.1) is 20.3 Å². The Morgan fingerprint density at radius 2 is 1.67 bits per heavy atom. The fraction of sp³-hybridized carbons (Fsp3) is 0.529. The number of rotatable bonds is 10. The van der Waals surface area contributed by atoms with E-state index in [0.29, 0.717) is 5.56 Å². The van der Waals surface area contributed by atoms with Gasteiger partial charge in [0.15, 0.2) is 0 Å². The van der Waals surface area contributed by atoms with Crippen molar-refractivity contribution in [3.63, 3.8) is 0 Å². The Kier molecular flexibility index (Phi) is 8.53. The molecule has 1 N–H and O–H groups in total. The van der Waals surface area contributed by atoms with E-state index in [1.807, 2.05) is 0 Å². The van der Waals surface area contributed by atoms with Gasteiger partial charge in [-0.2, -0.15) is 8.78 Å². The van der Waals surface area contributed by atoms with E-state index in [2.05, 4.69) is 10.1 Å². The number of ether oxygens (including phenoxy) is 1. The molecule has 27 heavy (non-hydrogen) atoms. The summed E-state index contributed by atoms with van der Waals surface area (Å²) in [5.74, 6) is -1.08. The van der Waals surface area contributed by atoms with Crippen LogP contribution in [0.4, 0.5) is 8.78 Å². The predicted molar refractivity (Wildman–Crippen MR) is 94.5 cm³/mol. The summed E-state index contributed by atoms with van der Waals surface area (Å²) in [6.45, 7) is 3.75. The maximum Gasteiger partial charge on any atom is 0.404 e. The third-order valence-electron chi connectivity index (χ3n) is 3.55. The molecule has 1 atom stereocenters. The summed E-state index contributed by atoms with van der Waals surface area (Å²) in [7, 11) is -3.51. The molecule has 0 aliphatic rings. The van der Waals surface area contributed by atoms with Crippen molar-refractivity contribution in [2.45, 2.75) is 38.9 Å². The molecule has 0 heterocycles. The highest BCUT2D eigenvalue weighted by Crippen LogP contribution is 2.66. The number of amides is 1. The Morgan fingerprint density at radius 1 is 1.15 bits per heavy atom. The first-order valence-corrected chi connectivity index (χ1v) is 9.86. The summed E-state index contributed by atoms with van der Waals surface area (Å²) in [6, 6.07) is 3.92. The number of methoxy groups -OCH3 is 1. The lowest BCUT2D eigenvalue weighted by atomic mass is 10.0. The van der Waals surface area contributed by atoms with Crippen molar-refractivity contribution in [2.24, 2.45) is 0 Å². The number of carbonyl (C=O) groups is 2. The first kappa shape index (κ1) is 23.2. The van der Waals surface area contributed by atoms with E-state index in [4.69, 9.17) is 9.05 Å². The van der Waals surface area contributed by atoms with Gasteiger partial charge in [0, 0.05) is 18.9 Å². The fourth-order valence-corrected chi connectivity index (χ4v) is 3.90. The molecule has 0 aliphatic heterocycles. The zero-order valence-corrected chi connectivity index (χ0v) is 16.6. The highest BCUT2D eigenvalue weighted by atomic mass is 31.2. The number of hydrogen-bond donors (Lipinski definition) is 1. The number of nitrogens with one attached hydrogen (secondary N) is 1. The lowest BCUT2D eigenvalue weighted by Gasteiger charge is -2.26. The van der Waals surface area contributed by atoms with Crippen LogP contribution < -0.4 is 5.32 Å². The van der Waals surface area contributed by atoms with E-state index in [1.54, 1.807) is 0 Å². The zero-order chi connectivity index (χ0) is 20.7. The first-order chi connectivity index (χ1) is 12.6. The van der Waals surface area contributed by atoms with Crippen LogP contribution in [-0.2, 0) is 40.0 Å². The van der Waals surface area contributed by atoms with E-state index in [0.717, 1.165) is 12.1 Å². The van der Waals surface area contributed by atoms with Gasteiger partial charge in [0.2, 0.25) is 5.91 Å². The maximum absolute atomic E-state index is 14.7. The van der Waals surface area contributed by atoms with Crippen LogP contribution in [0.15, 0.2) is 24.3 Å². The molecular weight excluding hydrogens is 383 g/mol. The minimum Gasteiger partial charge on any atom is -0.467 e. The van der Waals surface area contributed by atoms with Crippen LogP contribution in [0, 0.1) is 0 Å². The lowest BCUT2D eigenvalue weighted by molar-refractivity contribution is -0.144. The van der Waals surface area contributed by atoms with Crippen LogP contribution in [0.25, 0.3) is 0 Å². The summed E-state index contributed by atoms with van der Waals surface area (Å²) < 4.78 is 55.9. The Balaban J connectivity index is 3.07. The number of esters is 1. The molecule has 152 valence electrons. The highest BCUT2D eigenvalue weighted by molar-refractivity contribution is 7.54. The average molecular weight is 407 g/mol. The normalized spacial score (nSPS) is 13.1. The van der Waals surface area contributed by atoms with Gasteiger partial charge in [-0.1, -0.05) is 24.3 Å². The van der Waals surface area contributed by atoms with Crippen molar-refractivity contribution < 1.29 is 36.7 Å². The van der Waals surface area contributed by atoms with Crippen molar-refractivity contribution in [1.29, 1.82) is 0 Å². The van der Waals surface area contributed by atoms with E-state index >= 15 is 0 Å². The molecular formula is C17H24F2NO6P. The quantitative estimate of drug-likeness (QED) is 0.473. The molecule has 0 bridgehead atoms. The molecule has 0 aromatic heterocycles. The van der Waals surface area contributed by atoms with Crippen LogP contribution >= 0.6 is 7.60 Å². The second-order valence-corrected chi connectivity index (χ2v) is 7.62. The van der Waals surface area contributed by atoms with Crippen LogP contribution in [0.5, 0.6) is 0 Å². The minimum absolute atomic E-state index is 0.0483. The van der Waals surface area contributed by atoms with Gasteiger partial charge in [-0.15, -0.1) is 0 Å². The van der Waals surface area contributed by atoms with Gasteiger partial charge in [-0.25, -0.2) is 4.79 Å². The third-order valence-corrected chi connectivity index (χ3v) is 5.69. The second-order valence-electron chi connectivity index (χ2n) is 5.55. The molecule has 0 unspecified atom stereocenters. The molecule has 7 nitrogen and oxygen atoms in total. The molecule has 1 rings (SSSR count). The van der Waals surface area contributed by atoms with E-state index in [-0.39, 0.29) is 19.6 Å². The average Bonchev–Trinajstić information content (AvgIpc) is 2.61. The van der Waals surface area contributed by atoms with Gasteiger partial charge in [0.1, 0.15) is 6.04 Å². The molecule has 0 spiro atoms. The van der Waals surface area contributed by atoms with E-state index in [9.17, 15) is 22.9 Å². The molecule has 0 saturated heterocycles. The highest BCUT2D eigenvalue weighted by Gasteiger charge is 2.54. The monoisotopic (exact) mass is 407 g/mol. The van der Waals surface area contributed by atoms with Gasteiger partial charge in [-0.3, -0.25) is 9.36 Å². The topological polar surface area (TPSA) is 90.9 Å². The number of carbonyl (C=O) groups excluding carboxylic acids is 2. The van der Waals surface area contributed by atoms with Gasteiger partial charge < -0.3 is 19.1 Å². The SMILES string of the molecule is CCOP(=O)(OCC)C(F)(F)c1ccc(C[C@H](NC(C)=O)C(=O)OC)cc1. The Morgan fingerprint density at radius 3 is 2.07 bits per heavy atom. The van der Waals surface area contributed by atoms with Crippen molar-refractivity contribution in [3.8, 4) is 0 Å². The summed E-state index contributed by atoms with van der Waals surface area (Å²) in [5, 5.41) is 2.44. The fourth-order valence-electron chi connectivity index (χ4n) is 2.36. The number of halogens is 2. The Labute approximate surface area is 156 Å². The van der Waals surface area contributed by atoms with Crippen molar-refractivity contribution in [3.05, 3.63) is 35.4 Å². The molecule has 1 aromatic rings. The van der Waals surface area contributed by atoms with E-state index in [1.165, 1.54) is 40.0 Å². The van der Waals surface area contributed by atoms with Crippen LogP contribution in [0.1, 0.15) is 31.9 Å². The Bertz CT molecular complexity index is 685. The molecule has 1 aromatic carbocycles. The largest absolute Gasteiger partial charge is 0.467 e. The molecule has 0 aliphatic carbocycles. The second kappa shape index (κ2) is 9.92. The molecule has 1 amide bonds. The molecule has 0 radical (unpaired) electrons. The van der Waals surface area contributed by atoms with Gasteiger partial charge in [0.25, 0.3) is 0 Å². The number of benzene rings is 1. The third kappa shape index (κ3) is 5.82. The molecule has 10 heteroatoms. The maximum atomic E-state index is 14.7. The predicted octanol–water partition coefficient (Wildman–Crippen LogP) is 3.22. The van der Waals surface area contributed by atoms with Gasteiger partial charge in [-0.05, 0) is 19.4 Å². The summed E-state index contributed by atoms with van der Waals surface area (Å²) in [5.41, 5.74) is -3.87. The molecule has 0 saturated carbocycles. The lowest BCUT2D eigenvalue weighted by Crippen LogP contribution is -2.41. The summed E-state index contributed by atoms with van der Waals surface area (Å²) >= 11 is 0. The van der Waals surface area contributed by atoms with E-state index < -0.39 is 36.7 Å². The summed E-state index contributed by atoms with van der Waals surface area (Å²) in [6.07, 6.45) is 0.0483. The summed E-state index contributed by atoms with van der Waals surface area (Å²) in [4.78, 5) is 22.9. The van der Waals surface area contributed by atoms with Crippen molar-refractivity contribution in [1.82, 2.24) is 5.32 Å². The minimum atomic E-state index is -4.69. The standard InChI is InChI=1S/C17H24F2NO6P/c1-5-25-27(23,26-6-2)17(18,19)14-9-7-13(8-10-14)11-15(16(22)24-4)20-12(3)21/h7-10,15H,5-6,11H2,1-4H3,(H,20,21)/t15-/m0/s1. The van der Waals surface area contributed by atoms with Crippen LogP contribution in [0.2, 0.25) is 0 Å². The molecule has 0 fully saturated rings. The van der Waals surface area contributed by atoms with Crippen molar-refractivity contribution >= 4 is 19.5 Å². The van der Waals surface area contributed by atoms with Crippen molar-refractivity contribution in [2.75, 3.05) is 20.3 Å². The first-order valence-electron chi connectivity index (χ1n) is 8.32. The number of alkyl halides is 2.